The Kier molecular flexibility index (Phi) is 7.66. The second kappa shape index (κ2) is 9.97. The molecule has 1 heterocycles. The average molecular weight is 399 g/mol. The zero-order valence-electron chi connectivity index (χ0n) is 17.5. The molecule has 0 bridgehead atoms. The predicted molar refractivity (Wildman–Crippen MR) is 110 cm³/mol. The van der Waals surface area contributed by atoms with E-state index in [1.807, 2.05) is 24.3 Å². The van der Waals surface area contributed by atoms with Crippen LogP contribution in [0.5, 0.6) is 5.75 Å². The minimum Gasteiger partial charge on any atom is -0.496 e. The summed E-state index contributed by atoms with van der Waals surface area (Å²) in [5, 5.41) is 12.0. The fourth-order valence-corrected chi connectivity index (χ4v) is 3.15. The zero-order chi connectivity index (χ0) is 21.4. The lowest BCUT2D eigenvalue weighted by Crippen LogP contribution is -2.43. The topological polar surface area (TPSA) is 91.7 Å². The summed E-state index contributed by atoms with van der Waals surface area (Å²) in [5.74, 6) is 0.523. The second-order valence-corrected chi connectivity index (χ2v) is 7.93. The maximum atomic E-state index is 12.8. The maximum Gasteiger partial charge on any atom is 0.408 e. The molecule has 0 spiro atoms. The molecule has 1 aromatic carbocycles. The maximum absolute atomic E-state index is 12.8. The molecule has 0 aromatic heterocycles. The largest absolute Gasteiger partial charge is 0.496 e. The Bertz CT molecular complexity index is 792. The number of carbonyl (C=O) groups is 2. The van der Waals surface area contributed by atoms with Gasteiger partial charge in [0.05, 0.1) is 25.6 Å². The van der Waals surface area contributed by atoms with Crippen molar-refractivity contribution in [2.75, 3.05) is 13.7 Å². The first kappa shape index (κ1) is 22.3. The van der Waals surface area contributed by atoms with Gasteiger partial charge in [0.15, 0.2) is 0 Å². The van der Waals surface area contributed by atoms with Gasteiger partial charge in [0, 0.05) is 12.1 Å². The molecule has 156 valence electrons. The van der Waals surface area contributed by atoms with Crippen LogP contribution >= 0.6 is 0 Å². The molecule has 1 fully saturated rings. The van der Waals surface area contributed by atoms with Crippen LogP contribution in [0.4, 0.5) is 4.79 Å². The number of methoxy groups -OCH3 is 1. The van der Waals surface area contributed by atoms with Gasteiger partial charge in [-0.15, -0.1) is 0 Å². The number of carbonyl (C=O) groups excluding carboxylic acids is 2. The van der Waals surface area contributed by atoms with Gasteiger partial charge in [-0.2, -0.15) is 5.26 Å². The SMILES string of the molecule is COc1ccccc1C=CC(CC(=O)N1CCC[C@H]1C#N)NC(=O)OC(C)(C)C. The van der Waals surface area contributed by atoms with Gasteiger partial charge in [0.1, 0.15) is 17.4 Å². The number of amides is 2. The summed E-state index contributed by atoms with van der Waals surface area (Å²) in [6.07, 6.45) is 4.49. The number of nitriles is 1. The summed E-state index contributed by atoms with van der Waals surface area (Å²) in [5.41, 5.74) is 0.181. The summed E-state index contributed by atoms with van der Waals surface area (Å²) in [7, 11) is 1.59. The Hall–Kier alpha value is -3.01. The number of nitrogens with one attached hydrogen (secondary N) is 1. The van der Waals surface area contributed by atoms with Crippen LogP contribution in [0.1, 0.15) is 45.6 Å². The van der Waals surface area contributed by atoms with Crippen LogP contribution in [0.25, 0.3) is 6.08 Å². The second-order valence-electron chi connectivity index (χ2n) is 7.93. The van der Waals surface area contributed by atoms with Crippen molar-refractivity contribution in [2.24, 2.45) is 0 Å². The molecule has 2 atom stereocenters. The number of alkyl carbamates (subject to hydrolysis) is 1. The number of hydrogen-bond donors (Lipinski definition) is 1. The molecular formula is C22H29N3O4. The molecule has 1 aliphatic heterocycles. The van der Waals surface area contributed by atoms with Crippen molar-refractivity contribution in [3.63, 3.8) is 0 Å². The van der Waals surface area contributed by atoms with E-state index in [0.717, 1.165) is 12.0 Å². The van der Waals surface area contributed by atoms with Gasteiger partial charge < -0.3 is 19.7 Å². The van der Waals surface area contributed by atoms with Crippen LogP contribution in [0.2, 0.25) is 0 Å². The molecule has 1 aliphatic rings. The molecule has 0 saturated carbocycles. The third-order valence-electron chi connectivity index (χ3n) is 4.47. The fraction of sp³-hybridized carbons (Fsp3) is 0.500. The first-order valence-electron chi connectivity index (χ1n) is 9.73. The molecule has 29 heavy (non-hydrogen) atoms. The molecule has 7 heteroatoms. The first-order chi connectivity index (χ1) is 13.7. The van der Waals surface area contributed by atoms with Crippen molar-refractivity contribution in [3.05, 3.63) is 35.9 Å². The minimum absolute atomic E-state index is 0.0447. The van der Waals surface area contributed by atoms with Crippen molar-refractivity contribution < 1.29 is 19.1 Å². The van der Waals surface area contributed by atoms with Crippen LogP contribution in [-0.2, 0) is 9.53 Å². The van der Waals surface area contributed by atoms with Crippen molar-refractivity contribution in [3.8, 4) is 11.8 Å². The lowest BCUT2D eigenvalue weighted by molar-refractivity contribution is -0.131. The summed E-state index contributed by atoms with van der Waals surface area (Å²) in [6, 6.07) is 8.66. The van der Waals surface area contributed by atoms with Crippen LogP contribution < -0.4 is 10.1 Å². The number of nitrogens with zero attached hydrogens (tertiary/aromatic N) is 2. The lowest BCUT2D eigenvalue weighted by Gasteiger charge is -2.24. The molecule has 1 aromatic rings. The van der Waals surface area contributed by atoms with E-state index in [1.54, 1.807) is 44.9 Å². The Morgan fingerprint density at radius 2 is 2.10 bits per heavy atom. The highest BCUT2D eigenvalue weighted by atomic mass is 16.6. The van der Waals surface area contributed by atoms with Crippen molar-refractivity contribution >= 4 is 18.1 Å². The predicted octanol–water partition coefficient (Wildman–Crippen LogP) is 3.51. The molecule has 7 nitrogen and oxygen atoms in total. The standard InChI is InChI=1S/C22H29N3O4/c1-22(2,3)29-21(27)24-17(12-11-16-8-5-6-10-19(16)28-4)14-20(26)25-13-7-9-18(25)15-23/h5-6,8,10-12,17-18H,7,9,13-14H2,1-4H3,(H,24,27)/t17?,18-/m0/s1. The zero-order valence-corrected chi connectivity index (χ0v) is 17.5. The normalized spacial score (nSPS) is 17.6. The van der Waals surface area contributed by atoms with E-state index in [0.29, 0.717) is 18.7 Å². The van der Waals surface area contributed by atoms with E-state index in [4.69, 9.17) is 9.47 Å². The molecule has 0 radical (unpaired) electrons. The van der Waals surface area contributed by atoms with Crippen LogP contribution in [-0.4, -0.2) is 48.2 Å². The number of para-hydroxylation sites is 1. The van der Waals surface area contributed by atoms with E-state index < -0.39 is 23.8 Å². The number of hydrogen-bond acceptors (Lipinski definition) is 5. The molecule has 1 saturated heterocycles. The molecule has 1 unspecified atom stereocenters. The van der Waals surface area contributed by atoms with E-state index in [9.17, 15) is 14.9 Å². The van der Waals surface area contributed by atoms with E-state index in [2.05, 4.69) is 11.4 Å². The van der Waals surface area contributed by atoms with E-state index >= 15 is 0 Å². The summed E-state index contributed by atoms with van der Waals surface area (Å²) in [6.45, 7) is 5.89. The third kappa shape index (κ3) is 6.83. The highest BCUT2D eigenvalue weighted by Gasteiger charge is 2.30. The monoisotopic (exact) mass is 399 g/mol. The van der Waals surface area contributed by atoms with Gasteiger partial charge in [0.2, 0.25) is 5.91 Å². The number of ether oxygens (including phenoxy) is 2. The number of benzene rings is 1. The smallest absolute Gasteiger partial charge is 0.408 e. The molecule has 2 rings (SSSR count). The van der Waals surface area contributed by atoms with Gasteiger partial charge in [-0.1, -0.05) is 30.4 Å². The Morgan fingerprint density at radius 3 is 2.76 bits per heavy atom. The highest BCUT2D eigenvalue weighted by molar-refractivity contribution is 5.79. The van der Waals surface area contributed by atoms with Gasteiger partial charge in [-0.3, -0.25) is 4.79 Å². The summed E-state index contributed by atoms with van der Waals surface area (Å²) in [4.78, 5) is 26.6. The summed E-state index contributed by atoms with van der Waals surface area (Å²) >= 11 is 0. The van der Waals surface area contributed by atoms with Crippen LogP contribution in [0.15, 0.2) is 30.3 Å². The average Bonchev–Trinajstić information content (AvgIpc) is 3.13. The lowest BCUT2D eigenvalue weighted by atomic mass is 10.1. The Labute approximate surface area is 172 Å². The molecular weight excluding hydrogens is 370 g/mol. The Balaban J connectivity index is 2.16. The molecule has 2 amide bonds. The molecule has 0 aliphatic carbocycles. The van der Waals surface area contributed by atoms with Gasteiger partial charge in [-0.25, -0.2) is 4.79 Å². The fourth-order valence-electron chi connectivity index (χ4n) is 3.15. The van der Waals surface area contributed by atoms with Crippen molar-refractivity contribution in [1.82, 2.24) is 10.2 Å². The molecule has 1 N–H and O–H groups in total. The highest BCUT2D eigenvalue weighted by Crippen LogP contribution is 2.21. The van der Waals surface area contributed by atoms with Crippen LogP contribution in [0.3, 0.4) is 0 Å². The van der Waals surface area contributed by atoms with Crippen molar-refractivity contribution in [2.45, 2.75) is 57.7 Å². The van der Waals surface area contributed by atoms with Gasteiger partial charge in [-0.05, 0) is 39.7 Å². The van der Waals surface area contributed by atoms with Gasteiger partial charge in [0.25, 0.3) is 0 Å². The van der Waals surface area contributed by atoms with E-state index in [1.165, 1.54) is 0 Å². The third-order valence-corrected chi connectivity index (χ3v) is 4.47. The van der Waals surface area contributed by atoms with Crippen molar-refractivity contribution in [1.29, 1.82) is 5.26 Å². The number of likely N-dealkylation sites (tertiary alicyclic amines) is 1. The van der Waals surface area contributed by atoms with Crippen LogP contribution in [0, 0.1) is 11.3 Å². The number of rotatable bonds is 6. The van der Waals surface area contributed by atoms with E-state index in [-0.39, 0.29) is 12.3 Å². The summed E-state index contributed by atoms with van der Waals surface area (Å²) < 4.78 is 10.7. The quantitative estimate of drug-likeness (QED) is 0.790. The first-order valence-corrected chi connectivity index (χ1v) is 9.73. The minimum atomic E-state index is -0.647. The van der Waals surface area contributed by atoms with Gasteiger partial charge >= 0.3 is 6.09 Å². The Morgan fingerprint density at radius 1 is 1.38 bits per heavy atom.